The molecule has 0 aliphatic heterocycles. The second-order valence-electron chi connectivity index (χ2n) is 6.46. The Morgan fingerprint density at radius 3 is 2.60 bits per heavy atom. The largest absolute Gasteiger partial charge is 0.493 e. The fraction of sp³-hybridized carbons (Fsp3) is 0.130. The number of hydrogen-bond acceptors (Lipinski definition) is 4. The van der Waals surface area contributed by atoms with Crippen molar-refractivity contribution in [2.45, 2.75) is 13.5 Å². The highest BCUT2D eigenvalue weighted by Gasteiger charge is 2.12. The molecule has 3 aromatic rings. The third-order valence-corrected chi connectivity index (χ3v) is 5.21. The summed E-state index contributed by atoms with van der Waals surface area (Å²) < 4.78 is 12.2. The van der Waals surface area contributed by atoms with Gasteiger partial charge in [-0.05, 0) is 75.9 Å². The van der Waals surface area contributed by atoms with Crippen LogP contribution in [0.3, 0.4) is 0 Å². The van der Waals surface area contributed by atoms with E-state index in [1.54, 1.807) is 37.4 Å². The molecule has 0 radical (unpaired) electrons. The van der Waals surface area contributed by atoms with E-state index in [0.717, 1.165) is 21.2 Å². The molecule has 0 aliphatic carbocycles. The van der Waals surface area contributed by atoms with Crippen molar-refractivity contribution in [3.8, 4) is 11.5 Å². The zero-order valence-corrected chi connectivity index (χ0v) is 18.8. The van der Waals surface area contributed by atoms with Crippen LogP contribution in [0.5, 0.6) is 11.5 Å². The van der Waals surface area contributed by atoms with Gasteiger partial charge in [0.15, 0.2) is 11.5 Å². The summed E-state index contributed by atoms with van der Waals surface area (Å²) >= 11 is 9.36. The van der Waals surface area contributed by atoms with E-state index in [0.29, 0.717) is 28.7 Å². The standard InChI is InChI=1S/C23H20BrClN2O3/c1-15-5-3-4-6-18(15)14-30-22-20(24)11-16(12-21(22)29-2)13-26-27-23(28)17-7-9-19(25)10-8-17/h3-13H,14H2,1-2H3,(H,27,28)/b26-13-. The lowest BCUT2D eigenvalue weighted by atomic mass is 10.1. The molecule has 3 aromatic carbocycles. The lowest BCUT2D eigenvalue weighted by molar-refractivity contribution is 0.0955. The van der Waals surface area contributed by atoms with E-state index in [4.69, 9.17) is 21.1 Å². The highest BCUT2D eigenvalue weighted by Crippen LogP contribution is 2.37. The van der Waals surface area contributed by atoms with Crippen LogP contribution >= 0.6 is 27.5 Å². The first-order valence-corrected chi connectivity index (χ1v) is 10.3. The van der Waals surface area contributed by atoms with Crippen LogP contribution in [-0.2, 0) is 6.61 Å². The maximum Gasteiger partial charge on any atom is 0.271 e. The lowest BCUT2D eigenvalue weighted by Crippen LogP contribution is -2.17. The van der Waals surface area contributed by atoms with Gasteiger partial charge in [0.2, 0.25) is 0 Å². The Morgan fingerprint density at radius 2 is 1.90 bits per heavy atom. The number of halogens is 2. The molecule has 0 saturated carbocycles. The highest BCUT2D eigenvalue weighted by molar-refractivity contribution is 9.10. The van der Waals surface area contributed by atoms with Gasteiger partial charge in [0.05, 0.1) is 17.8 Å². The maximum absolute atomic E-state index is 12.1. The second-order valence-corrected chi connectivity index (χ2v) is 7.75. The Labute approximate surface area is 188 Å². The molecule has 1 amide bonds. The summed E-state index contributed by atoms with van der Waals surface area (Å²) in [6, 6.07) is 18.2. The summed E-state index contributed by atoms with van der Waals surface area (Å²) in [5.41, 5.74) is 5.95. The van der Waals surface area contributed by atoms with Gasteiger partial charge in [-0.1, -0.05) is 35.9 Å². The third-order valence-electron chi connectivity index (χ3n) is 4.37. The van der Waals surface area contributed by atoms with E-state index in [1.807, 2.05) is 37.3 Å². The van der Waals surface area contributed by atoms with Crippen LogP contribution in [0.2, 0.25) is 5.02 Å². The molecule has 5 nitrogen and oxygen atoms in total. The first kappa shape index (κ1) is 21.9. The molecule has 0 heterocycles. The van der Waals surface area contributed by atoms with E-state index < -0.39 is 0 Å². The van der Waals surface area contributed by atoms with E-state index in [1.165, 1.54) is 6.21 Å². The van der Waals surface area contributed by atoms with Crippen molar-refractivity contribution >= 4 is 39.7 Å². The van der Waals surface area contributed by atoms with Crippen molar-refractivity contribution < 1.29 is 14.3 Å². The van der Waals surface area contributed by atoms with Crippen LogP contribution in [-0.4, -0.2) is 19.2 Å². The average Bonchev–Trinajstić information content (AvgIpc) is 2.74. The first-order chi connectivity index (χ1) is 14.5. The number of aryl methyl sites for hydroxylation is 1. The van der Waals surface area contributed by atoms with Crippen molar-refractivity contribution in [2.75, 3.05) is 7.11 Å². The van der Waals surface area contributed by atoms with Crippen molar-refractivity contribution in [3.05, 3.63) is 92.4 Å². The maximum atomic E-state index is 12.1. The number of hydrazone groups is 1. The summed E-state index contributed by atoms with van der Waals surface area (Å²) in [6.07, 6.45) is 1.53. The quantitative estimate of drug-likeness (QED) is 0.340. The molecule has 0 spiro atoms. The Bertz CT molecular complexity index is 1070. The van der Waals surface area contributed by atoms with Crippen LogP contribution in [0.4, 0.5) is 0 Å². The fourth-order valence-electron chi connectivity index (χ4n) is 2.71. The molecule has 7 heteroatoms. The Hall–Kier alpha value is -2.83. The van der Waals surface area contributed by atoms with E-state index in [9.17, 15) is 4.79 Å². The predicted octanol–water partition coefficient (Wildman–Crippen LogP) is 5.76. The molecule has 1 N–H and O–H groups in total. The summed E-state index contributed by atoms with van der Waals surface area (Å²) in [5.74, 6) is 0.832. The molecular formula is C23H20BrClN2O3. The van der Waals surface area contributed by atoms with Crippen LogP contribution < -0.4 is 14.9 Å². The molecule has 0 atom stereocenters. The Kier molecular flexibility index (Phi) is 7.49. The molecule has 3 rings (SSSR count). The summed E-state index contributed by atoms with van der Waals surface area (Å²) in [7, 11) is 1.58. The Balaban J connectivity index is 1.70. The molecule has 30 heavy (non-hydrogen) atoms. The summed E-state index contributed by atoms with van der Waals surface area (Å²) in [6.45, 7) is 2.47. The van der Waals surface area contributed by atoms with Crippen molar-refractivity contribution in [1.29, 1.82) is 0 Å². The molecule has 154 valence electrons. The van der Waals surface area contributed by atoms with Crippen molar-refractivity contribution in [1.82, 2.24) is 5.43 Å². The van der Waals surface area contributed by atoms with E-state index >= 15 is 0 Å². The van der Waals surface area contributed by atoms with Crippen LogP contribution in [0.15, 0.2) is 70.2 Å². The summed E-state index contributed by atoms with van der Waals surface area (Å²) in [4.78, 5) is 12.1. The summed E-state index contributed by atoms with van der Waals surface area (Å²) in [5, 5.41) is 4.58. The van der Waals surface area contributed by atoms with Crippen LogP contribution in [0, 0.1) is 6.92 Å². The number of carbonyl (C=O) groups excluding carboxylic acids is 1. The third kappa shape index (κ3) is 5.62. The topological polar surface area (TPSA) is 59.9 Å². The van der Waals surface area contributed by atoms with Gasteiger partial charge in [0, 0.05) is 10.6 Å². The minimum Gasteiger partial charge on any atom is -0.493 e. The smallest absolute Gasteiger partial charge is 0.271 e. The monoisotopic (exact) mass is 486 g/mol. The number of methoxy groups -OCH3 is 1. The molecule has 0 unspecified atom stereocenters. The van der Waals surface area contributed by atoms with Crippen LogP contribution in [0.1, 0.15) is 27.0 Å². The molecular weight excluding hydrogens is 468 g/mol. The second kappa shape index (κ2) is 10.3. The van der Waals surface area contributed by atoms with Gasteiger partial charge in [-0.3, -0.25) is 4.79 Å². The highest BCUT2D eigenvalue weighted by atomic mass is 79.9. The number of rotatable bonds is 7. The molecule has 0 aromatic heterocycles. The van der Waals surface area contributed by atoms with Gasteiger partial charge >= 0.3 is 0 Å². The zero-order valence-electron chi connectivity index (χ0n) is 16.5. The number of carbonyl (C=O) groups is 1. The van der Waals surface area contributed by atoms with E-state index in [-0.39, 0.29) is 5.91 Å². The van der Waals surface area contributed by atoms with Gasteiger partial charge in [0.25, 0.3) is 5.91 Å². The van der Waals surface area contributed by atoms with Gasteiger partial charge < -0.3 is 9.47 Å². The first-order valence-electron chi connectivity index (χ1n) is 9.11. The van der Waals surface area contributed by atoms with Crippen molar-refractivity contribution in [2.24, 2.45) is 5.10 Å². The minimum atomic E-state index is -0.327. The number of nitrogens with zero attached hydrogens (tertiary/aromatic N) is 1. The normalized spacial score (nSPS) is 10.8. The zero-order chi connectivity index (χ0) is 21.5. The molecule has 0 bridgehead atoms. The van der Waals surface area contributed by atoms with E-state index in [2.05, 4.69) is 26.5 Å². The molecule has 0 saturated heterocycles. The number of hydrogen-bond donors (Lipinski definition) is 1. The lowest BCUT2D eigenvalue weighted by Gasteiger charge is -2.14. The number of ether oxygens (including phenoxy) is 2. The van der Waals surface area contributed by atoms with Gasteiger partial charge in [-0.15, -0.1) is 0 Å². The van der Waals surface area contributed by atoms with Gasteiger partial charge in [-0.25, -0.2) is 5.43 Å². The number of benzene rings is 3. The SMILES string of the molecule is COc1cc(/C=N\NC(=O)c2ccc(Cl)cc2)cc(Br)c1OCc1ccccc1C. The van der Waals surface area contributed by atoms with Crippen LogP contribution in [0.25, 0.3) is 0 Å². The van der Waals surface area contributed by atoms with Gasteiger partial charge in [0.1, 0.15) is 6.61 Å². The Morgan fingerprint density at radius 1 is 1.17 bits per heavy atom. The predicted molar refractivity (Wildman–Crippen MR) is 123 cm³/mol. The molecule has 0 fully saturated rings. The van der Waals surface area contributed by atoms with Gasteiger partial charge in [-0.2, -0.15) is 5.10 Å². The number of nitrogens with one attached hydrogen (secondary N) is 1. The molecule has 0 aliphatic rings. The minimum absolute atomic E-state index is 0.327. The van der Waals surface area contributed by atoms with Crippen molar-refractivity contribution in [3.63, 3.8) is 0 Å². The fourth-order valence-corrected chi connectivity index (χ4v) is 3.41. The number of amides is 1. The average molecular weight is 488 g/mol.